The van der Waals surface area contributed by atoms with E-state index in [-0.39, 0.29) is 17.9 Å². The molecule has 1 aliphatic carbocycles. The summed E-state index contributed by atoms with van der Waals surface area (Å²) in [6.45, 7) is 2.91. The number of nitrogens with zero attached hydrogens (tertiary/aromatic N) is 1. The topological polar surface area (TPSA) is 58.6 Å². The average Bonchev–Trinajstić information content (AvgIpc) is 3.43. The standard InChI is InChI=1S/C32H38N2O3/c1-25-13-8-9-16-27(25)24-34(31(35)21-12-22-37-29-19-6-3-7-20-29)30(23-26-14-4-2-5-15-26)32(36)33-28-17-10-11-18-28/h2-9,13-16,19-20,28,30H,10-12,17-18,21-24H2,1H3,(H,33,36)/t30-/m1/s1. The molecule has 1 aliphatic rings. The summed E-state index contributed by atoms with van der Waals surface area (Å²) in [7, 11) is 0. The predicted molar refractivity (Wildman–Crippen MR) is 147 cm³/mol. The van der Waals surface area contributed by atoms with E-state index in [2.05, 4.69) is 18.3 Å². The third-order valence-corrected chi connectivity index (χ3v) is 7.12. The Balaban J connectivity index is 1.53. The van der Waals surface area contributed by atoms with E-state index in [1.807, 2.05) is 78.9 Å². The second kappa shape index (κ2) is 13.6. The van der Waals surface area contributed by atoms with Crippen LogP contribution in [0.5, 0.6) is 5.75 Å². The largest absolute Gasteiger partial charge is 0.494 e. The molecule has 0 heterocycles. The molecule has 1 atom stereocenters. The molecule has 1 saturated carbocycles. The molecule has 4 rings (SSSR count). The van der Waals surface area contributed by atoms with Crippen molar-refractivity contribution in [2.75, 3.05) is 6.61 Å². The minimum atomic E-state index is -0.579. The van der Waals surface area contributed by atoms with E-state index in [0.717, 1.165) is 48.1 Å². The van der Waals surface area contributed by atoms with E-state index in [4.69, 9.17) is 4.74 Å². The Kier molecular flexibility index (Phi) is 9.75. The first-order valence-corrected chi connectivity index (χ1v) is 13.5. The van der Waals surface area contributed by atoms with Crippen molar-refractivity contribution >= 4 is 11.8 Å². The molecule has 0 radical (unpaired) electrons. The van der Waals surface area contributed by atoms with Crippen LogP contribution in [0.2, 0.25) is 0 Å². The predicted octanol–water partition coefficient (Wildman–Crippen LogP) is 5.85. The summed E-state index contributed by atoms with van der Waals surface area (Å²) < 4.78 is 5.82. The van der Waals surface area contributed by atoms with Gasteiger partial charge in [0.1, 0.15) is 11.8 Å². The number of rotatable bonds is 12. The highest BCUT2D eigenvalue weighted by atomic mass is 16.5. The number of hydrogen-bond acceptors (Lipinski definition) is 3. The van der Waals surface area contributed by atoms with E-state index in [0.29, 0.717) is 32.4 Å². The summed E-state index contributed by atoms with van der Waals surface area (Å²) in [5.74, 6) is 0.713. The third kappa shape index (κ3) is 7.94. The number of amides is 2. The molecule has 0 aromatic heterocycles. The van der Waals surface area contributed by atoms with Crippen LogP contribution in [-0.2, 0) is 22.6 Å². The van der Waals surface area contributed by atoms with Gasteiger partial charge in [0.05, 0.1) is 6.61 Å². The second-order valence-corrected chi connectivity index (χ2v) is 9.91. The van der Waals surface area contributed by atoms with Crippen molar-refractivity contribution in [3.63, 3.8) is 0 Å². The second-order valence-electron chi connectivity index (χ2n) is 9.91. The Morgan fingerprint density at radius 3 is 2.27 bits per heavy atom. The Morgan fingerprint density at radius 1 is 0.919 bits per heavy atom. The lowest BCUT2D eigenvalue weighted by molar-refractivity contribution is -0.141. The molecule has 1 N–H and O–H groups in total. The Bertz CT molecular complexity index is 1130. The fraction of sp³-hybridized carbons (Fsp3) is 0.375. The number of carbonyl (C=O) groups excluding carboxylic acids is 2. The van der Waals surface area contributed by atoms with Gasteiger partial charge in [-0.05, 0) is 55.0 Å². The van der Waals surface area contributed by atoms with E-state index in [9.17, 15) is 9.59 Å². The molecule has 0 aliphatic heterocycles. The minimum absolute atomic E-state index is 0.0255. The minimum Gasteiger partial charge on any atom is -0.494 e. The van der Waals surface area contributed by atoms with Crippen molar-refractivity contribution in [2.24, 2.45) is 0 Å². The molecule has 5 heteroatoms. The molecule has 3 aromatic rings. The quantitative estimate of drug-likeness (QED) is 0.319. The third-order valence-electron chi connectivity index (χ3n) is 7.12. The summed E-state index contributed by atoms with van der Waals surface area (Å²) in [4.78, 5) is 29.2. The summed E-state index contributed by atoms with van der Waals surface area (Å²) in [6, 6.07) is 27.3. The Labute approximate surface area is 220 Å². The number of carbonyl (C=O) groups is 2. The van der Waals surface area contributed by atoms with Crippen LogP contribution in [-0.4, -0.2) is 35.4 Å². The SMILES string of the molecule is Cc1ccccc1CN(C(=O)CCCOc1ccccc1)[C@H](Cc1ccccc1)C(=O)NC1CCCC1. The summed E-state index contributed by atoms with van der Waals surface area (Å²) in [5.41, 5.74) is 3.22. The smallest absolute Gasteiger partial charge is 0.243 e. The highest BCUT2D eigenvalue weighted by Crippen LogP contribution is 2.21. The monoisotopic (exact) mass is 498 g/mol. The van der Waals surface area contributed by atoms with Gasteiger partial charge in [-0.25, -0.2) is 0 Å². The van der Waals surface area contributed by atoms with Crippen LogP contribution in [0.3, 0.4) is 0 Å². The number of hydrogen-bond donors (Lipinski definition) is 1. The molecule has 0 bridgehead atoms. The van der Waals surface area contributed by atoms with Gasteiger partial charge in [0.25, 0.3) is 0 Å². The van der Waals surface area contributed by atoms with Crippen molar-refractivity contribution in [1.82, 2.24) is 10.2 Å². The van der Waals surface area contributed by atoms with Gasteiger partial charge >= 0.3 is 0 Å². The van der Waals surface area contributed by atoms with Gasteiger partial charge in [-0.15, -0.1) is 0 Å². The number of ether oxygens (including phenoxy) is 1. The first kappa shape index (κ1) is 26.5. The molecule has 2 amide bonds. The lowest BCUT2D eigenvalue weighted by atomic mass is 10.0. The molecular weight excluding hydrogens is 460 g/mol. The maximum atomic E-state index is 13.7. The van der Waals surface area contributed by atoms with Crippen molar-refractivity contribution in [1.29, 1.82) is 0 Å². The van der Waals surface area contributed by atoms with Gasteiger partial charge in [-0.2, -0.15) is 0 Å². The maximum absolute atomic E-state index is 13.7. The van der Waals surface area contributed by atoms with Gasteiger partial charge in [0, 0.05) is 25.4 Å². The lowest BCUT2D eigenvalue weighted by Crippen LogP contribution is -2.52. The van der Waals surface area contributed by atoms with Gasteiger partial charge in [0.15, 0.2) is 0 Å². The average molecular weight is 499 g/mol. The van der Waals surface area contributed by atoms with Crippen LogP contribution in [0.15, 0.2) is 84.9 Å². The molecule has 0 spiro atoms. The van der Waals surface area contributed by atoms with Crippen LogP contribution in [0, 0.1) is 6.92 Å². The van der Waals surface area contributed by atoms with E-state index >= 15 is 0 Å². The zero-order valence-electron chi connectivity index (χ0n) is 21.8. The molecule has 37 heavy (non-hydrogen) atoms. The Morgan fingerprint density at radius 2 is 1.57 bits per heavy atom. The zero-order valence-corrected chi connectivity index (χ0v) is 21.8. The summed E-state index contributed by atoms with van der Waals surface area (Å²) >= 11 is 0. The van der Waals surface area contributed by atoms with E-state index < -0.39 is 6.04 Å². The van der Waals surface area contributed by atoms with Gasteiger partial charge in [-0.1, -0.05) is 85.6 Å². The van der Waals surface area contributed by atoms with Crippen LogP contribution < -0.4 is 10.1 Å². The van der Waals surface area contributed by atoms with Crippen molar-refractivity contribution in [3.05, 3.63) is 102 Å². The number of aryl methyl sites for hydroxylation is 1. The van der Waals surface area contributed by atoms with Crippen molar-refractivity contribution in [3.8, 4) is 5.75 Å². The number of nitrogens with one attached hydrogen (secondary N) is 1. The summed E-state index contributed by atoms with van der Waals surface area (Å²) in [6.07, 6.45) is 5.68. The zero-order chi connectivity index (χ0) is 25.9. The van der Waals surface area contributed by atoms with Crippen LogP contribution >= 0.6 is 0 Å². The first-order chi connectivity index (χ1) is 18.1. The fourth-order valence-corrected chi connectivity index (χ4v) is 4.97. The van der Waals surface area contributed by atoms with E-state index in [1.54, 1.807) is 4.90 Å². The van der Waals surface area contributed by atoms with Crippen LogP contribution in [0.25, 0.3) is 0 Å². The fourth-order valence-electron chi connectivity index (χ4n) is 4.97. The van der Waals surface area contributed by atoms with Gasteiger partial charge in [0.2, 0.25) is 11.8 Å². The molecule has 1 fully saturated rings. The molecular formula is C32H38N2O3. The van der Waals surface area contributed by atoms with Crippen LogP contribution in [0.4, 0.5) is 0 Å². The van der Waals surface area contributed by atoms with Crippen molar-refractivity contribution < 1.29 is 14.3 Å². The molecule has 0 unspecified atom stereocenters. The first-order valence-electron chi connectivity index (χ1n) is 13.5. The molecule has 5 nitrogen and oxygen atoms in total. The highest BCUT2D eigenvalue weighted by molar-refractivity contribution is 5.88. The number of para-hydroxylation sites is 1. The molecule has 194 valence electrons. The van der Waals surface area contributed by atoms with Gasteiger partial charge in [-0.3, -0.25) is 9.59 Å². The van der Waals surface area contributed by atoms with Crippen LogP contribution in [0.1, 0.15) is 55.2 Å². The molecule has 3 aromatic carbocycles. The lowest BCUT2D eigenvalue weighted by Gasteiger charge is -2.33. The highest BCUT2D eigenvalue weighted by Gasteiger charge is 2.32. The van der Waals surface area contributed by atoms with E-state index in [1.165, 1.54) is 0 Å². The molecule has 0 saturated heterocycles. The van der Waals surface area contributed by atoms with Gasteiger partial charge < -0.3 is 15.0 Å². The van der Waals surface area contributed by atoms with Crippen molar-refractivity contribution in [2.45, 2.75) is 70.5 Å². The Hall–Kier alpha value is -3.60. The number of benzene rings is 3. The normalized spacial score (nSPS) is 14.2. The summed E-state index contributed by atoms with van der Waals surface area (Å²) in [5, 5.41) is 3.27. The maximum Gasteiger partial charge on any atom is 0.243 e.